The number of hydrogen-bond acceptors (Lipinski definition) is 3. The Hall–Kier alpha value is -2.25. The Morgan fingerprint density at radius 1 is 1.19 bits per heavy atom. The summed E-state index contributed by atoms with van der Waals surface area (Å²) in [5.41, 5.74) is 0.524. The molecule has 1 aliphatic heterocycles. The van der Waals surface area contributed by atoms with Crippen molar-refractivity contribution in [3.63, 3.8) is 0 Å². The molecule has 0 bridgehead atoms. The molecule has 2 aliphatic rings. The molecule has 8 heteroatoms. The van der Waals surface area contributed by atoms with Crippen LogP contribution in [0.25, 0.3) is 0 Å². The summed E-state index contributed by atoms with van der Waals surface area (Å²) < 4.78 is 43.1. The Morgan fingerprint density at radius 2 is 1.85 bits per heavy atom. The largest absolute Gasteiger partial charge is 0.490 e. The topological polar surface area (TPSA) is 58.6 Å². The molecule has 0 spiro atoms. The summed E-state index contributed by atoms with van der Waals surface area (Å²) in [7, 11) is 0. The van der Waals surface area contributed by atoms with E-state index in [9.17, 15) is 22.8 Å². The van der Waals surface area contributed by atoms with Crippen LogP contribution in [0.15, 0.2) is 24.3 Å². The average Bonchev–Trinajstić information content (AvgIpc) is 3.18. The van der Waals surface area contributed by atoms with Crippen LogP contribution in [0.1, 0.15) is 32.1 Å². The van der Waals surface area contributed by atoms with Crippen molar-refractivity contribution < 1.29 is 27.5 Å². The molecule has 3 rings (SSSR count). The lowest BCUT2D eigenvalue weighted by molar-refractivity contribution is -0.157. The standard InChI is InChI=1S/C18H21F3N2O3/c19-18(20,21)11-23-10-12(9-16(23)24)17(25)22-13-5-7-15(8-6-13)26-14-3-1-2-4-14/h5-8,12,14H,1-4,9-11H2,(H,22,25)/t12-/m0/s1. The Balaban J connectivity index is 1.52. The number of rotatable bonds is 5. The van der Waals surface area contributed by atoms with Gasteiger partial charge in [0.1, 0.15) is 12.3 Å². The average molecular weight is 370 g/mol. The van der Waals surface area contributed by atoms with Crippen LogP contribution in [0.5, 0.6) is 5.75 Å². The highest BCUT2D eigenvalue weighted by Gasteiger charge is 2.40. The third-order valence-electron chi connectivity index (χ3n) is 4.68. The molecular formula is C18H21F3N2O3. The molecule has 26 heavy (non-hydrogen) atoms. The van der Waals surface area contributed by atoms with Gasteiger partial charge in [0.25, 0.3) is 0 Å². The van der Waals surface area contributed by atoms with Gasteiger partial charge in [0.05, 0.1) is 12.0 Å². The van der Waals surface area contributed by atoms with Gasteiger partial charge in [-0.05, 0) is 49.9 Å². The molecule has 1 aromatic carbocycles. The first-order valence-corrected chi connectivity index (χ1v) is 8.72. The van der Waals surface area contributed by atoms with Crippen molar-refractivity contribution in [2.24, 2.45) is 5.92 Å². The number of benzene rings is 1. The second kappa shape index (κ2) is 7.55. The Morgan fingerprint density at radius 3 is 2.46 bits per heavy atom. The lowest BCUT2D eigenvalue weighted by Gasteiger charge is -2.18. The highest BCUT2D eigenvalue weighted by atomic mass is 19.4. The molecule has 0 aromatic heterocycles. The summed E-state index contributed by atoms with van der Waals surface area (Å²) in [6.45, 7) is -1.53. The normalized spacial score (nSPS) is 21.3. The summed E-state index contributed by atoms with van der Waals surface area (Å²) >= 11 is 0. The maximum absolute atomic E-state index is 12.4. The van der Waals surface area contributed by atoms with E-state index in [2.05, 4.69) is 5.32 Å². The van der Waals surface area contributed by atoms with Crippen molar-refractivity contribution in [3.8, 4) is 5.75 Å². The third-order valence-corrected chi connectivity index (χ3v) is 4.68. The monoisotopic (exact) mass is 370 g/mol. The fourth-order valence-electron chi connectivity index (χ4n) is 3.38. The molecule has 2 amide bonds. The van der Waals surface area contributed by atoms with Crippen molar-refractivity contribution in [2.75, 3.05) is 18.4 Å². The van der Waals surface area contributed by atoms with Crippen LogP contribution in [-0.2, 0) is 9.59 Å². The second-order valence-corrected chi connectivity index (χ2v) is 6.83. The first kappa shape index (κ1) is 18.5. The van der Waals surface area contributed by atoms with Crippen LogP contribution in [0.2, 0.25) is 0 Å². The molecule has 0 unspecified atom stereocenters. The number of nitrogens with zero attached hydrogens (tertiary/aromatic N) is 1. The number of amides is 2. The number of ether oxygens (including phenoxy) is 1. The molecular weight excluding hydrogens is 349 g/mol. The van der Waals surface area contributed by atoms with Crippen molar-refractivity contribution in [1.82, 2.24) is 4.90 Å². The van der Waals surface area contributed by atoms with E-state index in [0.29, 0.717) is 10.6 Å². The number of carbonyl (C=O) groups is 2. The molecule has 1 saturated carbocycles. The van der Waals surface area contributed by atoms with Gasteiger partial charge in [0.15, 0.2) is 0 Å². The van der Waals surface area contributed by atoms with E-state index in [1.165, 1.54) is 12.8 Å². The van der Waals surface area contributed by atoms with E-state index in [4.69, 9.17) is 4.74 Å². The molecule has 1 aromatic rings. The summed E-state index contributed by atoms with van der Waals surface area (Å²) in [4.78, 5) is 24.6. The van der Waals surface area contributed by atoms with Crippen molar-refractivity contribution in [3.05, 3.63) is 24.3 Å². The molecule has 1 aliphatic carbocycles. The van der Waals surface area contributed by atoms with Gasteiger partial charge < -0.3 is 15.0 Å². The highest BCUT2D eigenvalue weighted by Crippen LogP contribution is 2.27. The number of alkyl halides is 3. The predicted octanol–water partition coefficient (Wildman–Crippen LogP) is 3.36. The molecule has 1 saturated heterocycles. The Bertz CT molecular complexity index is 655. The van der Waals surface area contributed by atoms with Gasteiger partial charge in [-0.1, -0.05) is 0 Å². The fourth-order valence-corrected chi connectivity index (χ4v) is 3.38. The number of carbonyl (C=O) groups excluding carboxylic acids is 2. The Labute approximate surface area is 149 Å². The number of anilines is 1. The van der Waals surface area contributed by atoms with Crippen LogP contribution in [0.3, 0.4) is 0 Å². The van der Waals surface area contributed by atoms with Gasteiger partial charge >= 0.3 is 6.18 Å². The van der Waals surface area contributed by atoms with Gasteiger partial charge in [-0.15, -0.1) is 0 Å². The van der Waals surface area contributed by atoms with Gasteiger partial charge in [-0.3, -0.25) is 9.59 Å². The summed E-state index contributed by atoms with van der Waals surface area (Å²) in [5.74, 6) is -1.16. The van der Waals surface area contributed by atoms with Gasteiger partial charge in [-0.25, -0.2) is 0 Å². The quantitative estimate of drug-likeness (QED) is 0.865. The van der Waals surface area contributed by atoms with Gasteiger partial charge in [0, 0.05) is 18.7 Å². The minimum atomic E-state index is -4.46. The minimum Gasteiger partial charge on any atom is -0.490 e. The molecule has 1 N–H and O–H groups in total. The second-order valence-electron chi connectivity index (χ2n) is 6.83. The van der Waals surface area contributed by atoms with Crippen molar-refractivity contribution >= 4 is 17.5 Å². The lowest BCUT2D eigenvalue weighted by Crippen LogP contribution is -2.36. The van der Waals surface area contributed by atoms with Crippen LogP contribution < -0.4 is 10.1 Å². The van der Waals surface area contributed by atoms with E-state index in [1.54, 1.807) is 24.3 Å². The summed E-state index contributed by atoms with van der Waals surface area (Å²) in [5, 5.41) is 2.65. The molecule has 5 nitrogen and oxygen atoms in total. The first-order chi connectivity index (χ1) is 12.3. The maximum atomic E-state index is 12.4. The molecule has 1 heterocycles. The van der Waals surface area contributed by atoms with Gasteiger partial charge in [-0.2, -0.15) is 13.2 Å². The molecule has 2 fully saturated rings. The first-order valence-electron chi connectivity index (χ1n) is 8.72. The van der Waals surface area contributed by atoms with E-state index in [0.717, 1.165) is 18.6 Å². The highest BCUT2D eigenvalue weighted by molar-refractivity contribution is 5.97. The smallest absolute Gasteiger partial charge is 0.406 e. The SMILES string of the molecule is O=C(Nc1ccc(OC2CCCC2)cc1)[C@H]1CC(=O)N(CC(F)(F)F)C1. The van der Waals surface area contributed by atoms with E-state index in [-0.39, 0.29) is 19.1 Å². The van der Waals surface area contributed by atoms with Gasteiger partial charge in [0.2, 0.25) is 11.8 Å². The minimum absolute atomic E-state index is 0.204. The number of halogens is 3. The van der Waals surface area contributed by atoms with Crippen molar-refractivity contribution in [2.45, 2.75) is 44.4 Å². The van der Waals surface area contributed by atoms with Crippen LogP contribution in [0, 0.1) is 5.92 Å². The lowest BCUT2D eigenvalue weighted by atomic mass is 10.1. The van der Waals surface area contributed by atoms with E-state index >= 15 is 0 Å². The fraction of sp³-hybridized carbons (Fsp3) is 0.556. The maximum Gasteiger partial charge on any atom is 0.406 e. The molecule has 0 radical (unpaired) electrons. The number of hydrogen-bond donors (Lipinski definition) is 1. The summed E-state index contributed by atoms with van der Waals surface area (Å²) in [6, 6.07) is 6.88. The van der Waals surface area contributed by atoms with Crippen LogP contribution in [0.4, 0.5) is 18.9 Å². The Kier molecular flexibility index (Phi) is 5.38. The van der Waals surface area contributed by atoms with Crippen molar-refractivity contribution in [1.29, 1.82) is 0 Å². The molecule has 142 valence electrons. The third kappa shape index (κ3) is 4.89. The zero-order valence-electron chi connectivity index (χ0n) is 14.2. The molecule has 1 atom stereocenters. The van der Waals surface area contributed by atoms with Crippen LogP contribution >= 0.6 is 0 Å². The zero-order valence-corrected chi connectivity index (χ0v) is 14.2. The zero-order chi connectivity index (χ0) is 18.7. The number of nitrogens with one attached hydrogen (secondary N) is 1. The van der Waals surface area contributed by atoms with Crippen LogP contribution in [-0.4, -0.2) is 42.1 Å². The van der Waals surface area contributed by atoms with E-state index in [1.807, 2.05) is 0 Å². The summed E-state index contributed by atoms with van der Waals surface area (Å²) in [6.07, 6.45) is 0.000336. The number of likely N-dealkylation sites (tertiary alicyclic amines) is 1. The van der Waals surface area contributed by atoms with E-state index < -0.39 is 30.5 Å². The predicted molar refractivity (Wildman–Crippen MR) is 88.7 cm³/mol.